The summed E-state index contributed by atoms with van der Waals surface area (Å²) in [5, 5.41) is 5.61. The SMILES string of the molecule is CN[C@H](C)[C@H]1CCCc2sccc21. The minimum atomic E-state index is 0.619. The van der Waals surface area contributed by atoms with Crippen molar-refractivity contribution in [2.75, 3.05) is 7.05 Å². The molecule has 0 unspecified atom stereocenters. The molecule has 1 aliphatic rings. The second kappa shape index (κ2) is 3.81. The van der Waals surface area contributed by atoms with Crippen molar-refractivity contribution in [3.05, 3.63) is 21.9 Å². The number of rotatable bonds is 2. The molecule has 2 rings (SSSR count). The Morgan fingerprint density at radius 2 is 2.46 bits per heavy atom. The van der Waals surface area contributed by atoms with Crippen molar-refractivity contribution in [3.8, 4) is 0 Å². The number of nitrogens with one attached hydrogen (secondary N) is 1. The Morgan fingerprint density at radius 3 is 3.23 bits per heavy atom. The standard InChI is InChI=1S/C11H17NS/c1-8(12-2)9-4-3-5-11-10(9)6-7-13-11/h6-9,12H,3-5H2,1-2H3/t8-,9-/m1/s1. The summed E-state index contributed by atoms with van der Waals surface area (Å²) in [6.45, 7) is 2.29. The van der Waals surface area contributed by atoms with Gasteiger partial charge in [-0.1, -0.05) is 0 Å². The predicted molar refractivity (Wildman–Crippen MR) is 58.5 cm³/mol. The zero-order valence-corrected chi connectivity index (χ0v) is 9.16. The maximum Gasteiger partial charge on any atom is 0.0105 e. The first-order valence-electron chi connectivity index (χ1n) is 5.06. The maximum absolute atomic E-state index is 3.37. The molecule has 13 heavy (non-hydrogen) atoms. The van der Waals surface area contributed by atoms with Crippen LogP contribution in [0.25, 0.3) is 0 Å². The van der Waals surface area contributed by atoms with E-state index in [4.69, 9.17) is 0 Å². The van der Waals surface area contributed by atoms with Crippen molar-refractivity contribution < 1.29 is 0 Å². The molecule has 0 amide bonds. The summed E-state index contributed by atoms with van der Waals surface area (Å²) in [6.07, 6.45) is 4.02. The number of likely N-dealkylation sites (N-methyl/N-ethyl adjacent to an activating group) is 1. The molecule has 0 fully saturated rings. The smallest absolute Gasteiger partial charge is 0.0105 e. The van der Waals surface area contributed by atoms with Gasteiger partial charge in [0.2, 0.25) is 0 Å². The zero-order chi connectivity index (χ0) is 9.26. The predicted octanol–water partition coefficient (Wildman–Crippen LogP) is 2.78. The van der Waals surface area contributed by atoms with Gasteiger partial charge in [0.1, 0.15) is 0 Å². The number of aryl methyl sites for hydroxylation is 1. The second-order valence-corrected chi connectivity index (χ2v) is 4.88. The minimum absolute atomic E-state index is 0.619. The van der Waals surface area contributed by atoms with E-state index in [0.717, 1.165) is 5.92 Å². The summed E-state index contributed by atoms with van der Waals surface area (Å²) in [6, 6.07) is 2.94. The molecule has 1 aliphatic carbocycles. The van der Waals surface area contributed by atoms with Crippen LogP contribution in [0.2, 0.25) is 0 Å². The molecule has 0 saturated carbocycles. The normalized spacial score (nSPS) is 24.0. The molecule has 0 aromatic carbocycles. The highest BCUT2D eigenvalue weighted by molar-refractivity contribution is 7.10. The van der Waals surface area contributed by atoms with E-state index in [0.29, 0.717) is 6.04 Å². The summed E-state index contributed by atoms with van der Waals surface area (Å²) in [7, 11) is 2.06. The van der Waals surface area contributed by atoms with Crippen molar-refractivity contribution in [2.45, 2.75) is 38.1 Å². The first-order valence-corrected chi connectivity index (χ1v) is 5.94. The van der Waals surface area contributed by atoms with Crippen LogP contribution in [0.3, 0.4) is 0 Å². The molecule has 72 valence electrons. The fourth-order valence-corrected chi connectivity index (χ4v) is 3.24. The molecular weight excluding hydrogens is 178 g/mol. The first-order chi connectivity index (χ1) is 6.33. The van der Waals surface area contributed by atoms with Crippen LogP contribution in [0.5, 0.6) is 0 Å². The van der Waals surface area contributed by atoms with Crippen molar-refractivity contribution in [2.24, 2.45) is 0 Å². The summed E-state index contributed by atoms with van der Waals surface area (Å²) in [5.74, 6) is 0.750. The molecule has 1 heterocycles. The lowest BCUT2D eigenvalue weighted by atomic mass is 9.83. The van der Waals surface area contributed by atoms with E-state index in [-0.39, 0.29) is 0 Å². The lowest BCUT2D eigenvalue weighted by Gasteiger charge is -2.27. The Kier molecular flexibility index (Phi) is 2.70. The van der Waals surface area contributed by atoms with Gasteiger partial charge in [0, 0.05) is 16.8 Å². The van der Waals surface area contributed by atoms with Crippen molar-refractivity contribution >= 4 is 11.3 Å². The number of fused-ring (bicyclic) bond motifs is 1. The second-order valence-electron chi connectivity index (χ2n) is 3.88. The van der Waals surface area contributed by atoms with Crippen LogP contribution in [-0.2, 0) is 6.42 Å². The lowest BCUT2D eigenvalue weighted by molar-refractivity contribution is 0.441. The van der Waals surface area contributed by atoms with Crippen LogP contribution >= 0.6 is 11.3 Å². The molecule has 1 N–H and O–H groups in total. The van der Waals surface area contributed by atoms with Crippen molar-refractivity contribution in [1.29, 1.82) is 0 Å². The molecular formula is C11H17NS. The van der Waals surface area contributed by atoms with E-state index in [1.807, 2.05) is 11.3 Å². The topological polar surface area (TPSA) is 12.0 Å². The van der Waals surface area contributed by atoms with Gasteiger partial charge in [-0.3, -0.25) is 0 Å². The molecule has 1 aromatic rings. The molecule has 0 radical (unpaired) electrons. The van der Waals surface area contributed by atoms with Crippen LogP contribution in [0, 0.1) is 0 Å². The van der Waals surface area contributed by atoms with E-state index >= 15 is 0 Å². The van der Waals surface area contributed by atoms with Crippen LogP contribution in [0.15, 0.2) is 11.4 Å². The van der Waals surface area contributed by atoms with E-state index in [9.17, 15) is 0 Å². The molecule has 0 saturated heterocycles. The highest BCUT2D eigenvalue weighted by Gasteiger charge is 2.24. The summed E-state index contributed by atoms with van der Waals surface area (Å²) in [5.41, 5.74) is 1.61. The average Bonchev–Trinajstić information content (AvgIpc) is 2.63. The van der Waals surface area contributed by atoms with Crippen LogP contribution in [-0.4, -0.2) is 13.1 Å². The van der Waals surface area contributed by atoms with E-state index < -0.39 is 0 Å². The molecule has 2 heteroatoms. The zero-order valence-electron chi connectivity index (χ0n) is 8.34. The molecule has 2 atom stereocenters. The van der Waals surface area contributed by atoms with Crippen molar-refractivity contribution in [1.82, 2.24) is 5.32 Å². The largest absolute Gasteiger partial charge is 0.317 e. The molecule has 0 spiro atoms. The third kappa shape index (κ3) is 1.65. The van der Waals surface area contributed by atoms with Crippen LogP contribution < -0.4 is 5.32 Å². The monoisotopic (exact) mass is 195 g/mol. The molecule has 0 aliphatic heterocycles. The van der Waals surface area contributed by atoms with Crippen molar-refractivity contribution in [3.63, 3.8) is 0 Å². The van der Waals surface area contributed by atoms with E-state index in [1.54, 1.807) is 10.4 Å². The Morgan fingerprint density at radius 1 is 1.62 bits per heavy atom. The van der Waals surface area contributed by atoms with Gasteiger partial charge in [-0.15, -0.1) is 11.3 Å². The third-order valence-electron chi connectivity index (χ3n) is 3.16. The maximum atomic E-state index is 3.37. The Balaban J connectivity index is 2.24. The third-order valence-corrected chi connectivity index (χ3v) is 4.15. The summed E-state index contributed by atoms with van der Waals surface area (Å²) < 4.78 is 0. The molecule has 1 nitrogen and oxygen atoms in total. The highest BCUT2D eigenvalue weighted by atomic mass is 32.1. The van der Waals surface area contributed by atoms with E-state index in [2.05, 4.69) is 30.7 Å². The van der Waals surface area contributed by atoms with Gasteiger partial charge >= 0.3 is 0 Å². The lowest BCUT2D eigenvalue weighted by Crippen LogP contribution is -2.30. The number of hydrogen-bond acceptors (Lipinski definition) is 2. The Bertz CT molecular complexity index is 279. The Labute approximate surface area is 84.2 Å². The Hall–Kier alpha value is -0.340. The number of hydrogen-bond donors (Lipinski definition) is 1. The highest BCUT2D eigenvalue weighted by Crippen LogP contribution is 2.36. The average molecular weight is 195 g/mol. The van der Waals surface area contributed by atoms with Crippen LogP contribution in [0.4, 0.5) is 0 Å². The van der Waals surface area contributed by atoms with Gasteiger partial charge in [0.25, 0.3) is 0 Å². The summed E-state index contributed by atoms with van der Waals surface area (Å²) in [4.78, 5) is 1.62. The van der Waals surface area contributed by atoms with Gasteiger partial charge in [-0.2, -0.15) is 0 Å². The first kappa shape index (κ1) is 9.22. The quantitative estimate of drug-likeness (QED) is 0.765. The van der Waals surface area contributed by atoms with E-state index in [1.165, 1.54) is 19.3 Å². The number of thiophene rings is 1. The van der Waals surface area contributed by atoms with Gasteiger partial charge in [0.05, 0.1) is 0 Å². The molecule has 0 bridgehead atoms. The van der Waals surface area contributed by atoms with Gasteiger partial charge in [-0.25, -0.2) is 0 Å². The minimum Gasteiger partial charge on any atom is -0.317 e. The molecule has 1 aromatic heterocycles. The fraction of sp³-hybridized carbons (Fsp3) is 0.636. The summed E-state index contributed by atoms with van der Waals surface area (Å²) >= 11 is 1.93. The van der Waals surface area contributed by atoms with Crippen LogP contribution in [0.1, 0.15) is 36.1 Å². The van der Waals surface area contributed by atoms with Gasteiger partial charge in [0.15, 0.2) is 0 Å². The fourth-order valence-electron chi connectivity index (χ4n) is 2.24. The van der Waals surface area contributed by atoms with Gasteiger partial charge in [-0.05, 0) is 50.2 Å². The van der Waals surface area contributed by atoms with Gasteiger partial charge < -0.3 is 5.32 Å².